The van der Waals surface area contributed by atoms with Gasteiger partial charge in [-0.25, -0.2) is 4.39 Å². The molecule has 2 N–H and O–H groups in total. The van der Waals surface area contributed by atoms with Gasteiger partial charge < -0.3 is 24.6 Å². The van der Waals surface area contributed by atoms with Crippen LogP contribution in [-0.4, -0.2) is 46.9 Å². The van der Waals surface area contributed by atoms with E-state index in [4.69, 9.17) is 9.26 Å². The fourth-order valence-corrected chi connectivity index (χ4v) is 3.28. The average molecular weight is 377 g/mol. The highest BCUT2D eigenvalue weighted by Gasteiger charge is 2.42. The molecule has 1 aliphatic rings. The highest BCUT2D eigenvalue weighted by atomic mass is 19.1. The van der Waals surface area contributed by atoms with Gasteiger partial charge in [-0.1, -0.05) is 5.16 Å². The summed E-state index contributed by atoms with van der Waals surface area (Å²) >= 11 is 0. The lowest BCUT2D eigenvalue weighted by molar-refractivity contribution is -0.157. The first-order valence-electron chi connectivity index (χ1n) is 8.88. The molecule has 1 atom stereocenters. The van der Waals surface area contributed by atoms with E-state index in [0.717, 1.165) is 0 Å². The Morgan fingerprint density at radius 1 is 1.44 bits per heavy atom. The summed E-state index contributed by atoms with van der Waals surface area (Å²) in [6.07, 6.45) is 0.992. The van der Waals surface area contributed by atoms with Crippen molar-refractivity contribution in [3.05, 3.63) is 47.1 Å². The number of piperidine rings is 1. The van der Waals surface area contributed by atoms with Crippen LogP contribution in [0.4, 0.5) is 4.39 Å². The summed E-state index contributed by atoms with van der Waals surface area (Å²) in [4.78, 5) is 14.3. The lowest BCUT2D eigenvalue weighted by atomic mass is 9.91. The zero-order chi connectivity index (χ0) is 19.4. The van der Waals surface area contributed by atoms with Crippen LogP contribution < -0.4 is 10.1 Å². The van der Waals surface area contributed by atoms with Crippen molar-refractivity contribution in [3.63, 3.8) is 0 Å². The van der Waals surface area contributed by atoms with Crippen LogP contribution in [0.2, 0.25) is 0 Å². The number of rotatable bonds is 7. The molecule has 8 heteroatoms. The van der Waals surface area contributed by atoms with Crippen molar-refractivity contribution in [3.8, 4) is 5.75 Å². The number of aromatic nitrogens is 1. The first-order chi connectivity index (χ1) is 12.9. The molecule has 1 amide bonds. The van der Waals surface area contributed by atoms with E-state index in [1.54, 1.807) is 19.1 Å². The summed E-state index contributed by atoms with van der Waals surface area (Å²) in [5, 5.41) is 17.8. The average Bonchev–Trinajstić information content (AvgIpc) is 3.06. The van der Waals surface area contributed by atoms with Gasteiger partial charge in [-0.05, 0) is 38.0 Å². The van der Waals surface area contributed by atoms with Crippen LogP contribution >= 0.6 is 0 Å². The number of nitrogens with one attached hydrogen (secondary N) is 1. The summed E-state index contributed by atoms with van der Waals surface area (Å²) in [6, 6.07) is 6.21. The van der Waals surface area contributed by atoms with Crippen molar-refractivity contribution < 1.29 is 23.6 Å². The van der Waals surface area contributed by atoms with E-state index in [2.05, 4.69) is 10.5 Å². The quantitative estimate of drug-likeness (QED) is 0.765. The van der Waals surface area contributed by atoms with Gasteiger partial charge in [0.15, 0.2) is 5.60 Å². The molecule has 0 bridgehead atoms. The van der Waals surface area contributed by atoms with E-state index in [9.17, 15) is 14.3 Å². The maximum absolute atomic E-state index is 14.1. The third-order valence-corrected chi connectivity index (χ3v) is 4.72. The van der Waals surface area contributed by atoms with Crippen LogP contribution in [0.5, 0.6) is 5.75 Å². The monoisotopic (exact) mass is 377 g/mol. The van der Waals surface area contributed by atoms with Gasteiger partial charge in [0, 0.05) is 37.8 Å². The highest BCUT2D eigenvalue weighted by Crippen LogP contribution is 2.26. The van der Waals surface area contributed by atoms with Gasteiger partial charge in [-0.3, -0.25) is 4.79 Å². The first-order valence-corrected chi connectivity index (χ1v) is 8.88. The van der Waals surface area contributed by atoms with E-state index in [0.29, 0.717) is 48.7 Å². The van der Waals surface area contributed by atoms with Crippen molar-refractivity contribution in [1.82, 2.24) is 15.4 Å². The van der Waals surface area contributed by atoms with Gasteiger partial charge in [-0.2, -0.15) is 0 Å². The van der Waals surface area contributed by atoms with Crippen LogP contribution in [0.25, 0.3) is 0 Å². The Hall–Kier alpha value is -2.45. The summed E-state index contributed by atoms with van der Waals surface area (Å²) < 4.78 is 24.2. The molecule has 1 saturated heterocycles. The zero-order valence-corrected chi connectivity index (χ0v) is 15.5. The third-order valence-electron chi connectivity index (χ3n) is 4.72. The van der Waals surface area contributed by atoms with Crippen LogP contribution in [0, 0.1) is 12.7 Å². The highest BCUT2D eigenvalue weighted by molar-refractivity contribution is 5.86. The largest absolute Gasteiger partial charge is 0.497 e. The maximum Gasteiger partial charge on any atom is 0.256 e. The van der Waals surface area contributed by atoms with Crippen molar-refractivity contribution in [2.75, 3.05) is 20.2 Å². The molecule has 27 heavy (non-hydrogen) atoms. The molecule has 1 aliphatic heterocycles. The Morgan fingerprint density at radius 3 is 2.96 bits per heavy atom. The number of ether oxygens (including phenoxy) is 1. The normalized spacial score (nSPS) is 20.1. The molecule has 0 spiro atoms. The molecule has 2 aromatic rings. The Morgan fingerprint density at radius 2 is 2.26 bits per heavy atom. The molecule has 0 radical (unpaired) electrons. The number of benzene rings is 1. The number of halogens is 1. The molecule has 146 valence electrons. The molecule has 1 fully saturated rings. The maximum atomic E-state index is 14.1. The minimum Gasteiger partial charge on any atom is -0.497 e. The fraction of sp³-hybridized carbons (Fsp3) is 0.474. The number of methoxy groups -OCH3 is 1. The van der Waals surface area contributed by atoms with Gasteiger partial charge in [0.25, 0.3) is 5.91 Å². The van der Waals surface area contributed by atoms with E-state index in [1.807, 2.05) is 0 Å². The molecule has 0 unspecified atom stereocenters. The number of hydrogen-bond acceptors (Lipinski definition) is 6. The molecular weight excluding hydrogens is 353 g/mol. The van der Waals surface area contributed by atoms with Crippen LogP contribution in [0.1, 0.15) is 29.9 Å². The standard InChI is InChI=1S/C19H24FN3O4/c1-13-8-15(22-27-13)10-21-12-19(25)6-3-7-23(18(19)24)11-14-9-16(26-2)4-5-17(14)20/h4-5,8-9,21,25H,3,6-7,10-12H2,1-2H3/t19-/m1/s1. The summed E-state index contributed by atoms with van der Waals surface area (Å²) in [7, 11) is 1.50. The molecule has 0 aliphatic carbocycles. The Balaban J connectivity index is 1.63. The van der Waals surface area contributed by atoms with Crippen LogP contribution in [-0.2, 0) is 17.9 Å². The molecule has 7 nitrogen and oxygen atoms in total. The summed E-state index contributed by atoms with van der Waals surface area (Å²) in [6.45, 7) is 2.84. The third kappa shape index (κ3) is 4.45. The van der Waals surface area contributed by atoms with Crippen LogP contribution in [0.3, 0.4) is 0 Å². The minimum atomic E-state index is -1.52. The number of carbonyl (C=O) groups excluding carboxylic acids is 1. The summed E-state index contributed by atoms with van der Waals surface area (Å²) in [5.41, 5.74) is -0.459. The molecule has 3 rings (SSSR count). The number of carbonyl (C=O) groups is 1. The fourth-order valence-electron chi connectivity index (χ4n) is 3.28. The van der Waals surface area contributed by atoms with Crippen molar-refractivity contribution >= 4 is 5.91 Å². The Bertz CT molecular complexity index is 810. The number of nitrogens with zero attached hydrogens (tertiary/aromatic N) is 2. The smallest absolute Gasteiger partial charge is 0.256 e. The molecular formula is C19H24FN3O4. The summed E-state index contributed by atoms with van der Waals surface area (Å²) in [5.74, 6) is 0.415. The number of hydrogen-bond donors (Lipinski definition) is 2. The number of likely N-dealkylation sites (tertiary alicyclic amines) is 1. The van der Waals surface area contributed by atoms with E-state index >= 15 is 0 Å². The molecule has 1 aromatic carbocycles. The SMILES string of the molecule is COc1ccc(F)c(CN2CCC[C@@](O)(CNCc3cc(C)on3)C2=O)c1. The van der Waals surface area contributed by atoms with Crippen molar-refractivity contribution in [1.29, 1.82) is 0 Å². The minimum absolute atomic E-state index is 0.0899. The second kappa shape index (κ2) is 8.06. The van der Waals surface area contributed by atoms with Gasteiger partial charge in [0.1, 0.15) is 17.3 Å². The lowest BCUT2D eigenvalue weighted by Gasteiger charge is -2.38. The lowest BCUT2D eigenvalue weighted by Crippen LogP contribution is -2.57. The Kier molecular flexibility index (Phi) is 5.76. The van der Waals surface area contributed by atoms with Gasteiger partial charge in [-0.15, -0.1) is 0 Å². The number of aryl methyl sites for hydroxylation is 1. The second-order valence-electron chi connectivity index (χ2n) is 6.85. The first kappa shape index (κ1) is 19.3. The molecule has 0 saturated carbocycles. The van der Waals surface area contributed by atoms with Crippen LogP contribution in [0.15, 0.2) is 28.8 Å². The Labute approximate surface area is 157 Å². The van der Waals surface area contributed by atoms with E-state index in [-0.39, 0.29) is 13.1 Å². The van der Waals surface area contributed by atoms with Gasteiger partial charge in [0.05, 0.1) is 12.8 Å². The van der Waals surface area contributed by atoms with Crippen molar-refractivity contribution in [2.24, 2.45) is 0 Å². The predicted molar refractivity (Wildman–Crippen MR) is 95.5 cm³/mol. The predicted octanol–water partition coefficient (Wildman–Crippen LogP) is 1.77. The van der Waals surface area contributed by atoms with E-state index < -0.39 is 17.3 Å². The van der Waals surface area contributed by atoms with Crippen molar-refractivity contribution in [2.45, 2.75) is 38.5 Å². The van der Waals surface area contributed by atoms with E-state index in [1.165, 1.54) is 24.1 Å². The number of aliphatic hydroxyl groups is 1. The zero-order valence-electron chi connectivity index (χ0n) is 15.5. The number of amides is 1. The second-order valence-corrected chi connectivity index (χ2v) is 6.85. The molecule has 2 heterocycles. The molecule has 1 aromatic heterocycles. The topological polar surface area (TPSA) is 87.8 Å². The van der Waals surface area contributed by atoms with Gasteiger partial charge in [0.2, 0.25) is 0 Å². The van der Waals surface area contributed by atoms with Gasteiger partial charge >= 0.3 is 0 Å².